The zero-order chi connectivity index (χ0) is 64.5. The third kappa shape index (κ3) is 18.7. The van der Waals surface area contributed by atoms with Gasteiger partial charge in [0.15, 0.2) is 0 Å². The Morgan fingerprint density at radius 2 is 0.966 bits per heavy atom. The maximum absolute atomic E-state index is 12.9. The van der Waals surface area contributed by atoms with Gasteiger partial charge in [0.05, 0.1) is 38.1 Å². The number of hydrogen-bond donors (Lipinski definition) is 6. The van der Waals surface area contributed by atoms with Crippen molar-refractivity contribution in [3.63, 3.8) is 0 Å². The number of likely N-dealkylation sites (tertiary alicyclic amines) is 2. The van der Waals surface area contributed by atoms with Crippen LogP contribution in [0.3, 0.4) is 0 Å². The minimum atomic E-state index is -0.852. The fourth-order valence-electron chi connectivity index (χ4n) is 11.0. The van der Waals surface area contributed by atoms with Gasteiger partial charge >= 0.3 is 11.9 Å². The third-order valence-corrected chi connectivity index (χ3v) is 15.8. The number of imide groups is 2. The van der Waals surface area contributed by atoms with E-state index in [0.29, 0.717) is 60.1 Å². The second kappa shape index (κ2) is 31.9. The predicted octanol–water partition coefficient (Wildman–Crippen LogP) is 9.15. The maximum Gasteiger partial charge on any atom is 0.306 e. The fraction of sp³-hybridized carbons (Fsp3) is 0.545. The molecule has 2 fully saturated rings. The summed E-state index contributed by atoms with van der Waals surface area (Å²) in [6.07, 6.45) is 6.64. The maximum atomic E-state index is 12.9. The van der Waals surface area contributed by atoms with Crippen LogP contribution in [-0.4, -0.2) is 140 Å². The summed E-state index contributed by atoms with van der Waals surface area (Å²) in [5.74, 6) is -1.84. The Labute approximate surface area is 511 Å². The van der Waals surface area contributed by atoms with Gasteiger partial charge in [-0.2, -0.15) is 0 Å². The molecule has 6 aromatic rings. The van der Waals surface area contributed by atoms with Crippen LogP contribution in [-0.2, 0) is 57.2 Å². The molecule has 21 nitrogen and oxygen atoms in total. The van der Waals surface area contributed by atoms with Crippen molar-refractivity contribution < 1.29 is 59.0 Å². The minimum absolute atomic E-state index is 0.0296. The summed E-state index contributed by atoms with van der Waals surface area (Å²) in [6.45, 7) is 24.6. The molecule has 0 saturated carbocycles. The number of carbonyl (C=O) groups excluding carboxylic acids is 5. The summed E-state index contributed by atoms with van der Waals surface area (Å²) < 4.78 is 5.42. The molecule has 474 valence electrons. The van der Waals surface area contributed by atoms with Crippen molar-refractivity contribution in [2.75, 3.05) is 39.5 Å². The van der Waals surface area contributed by atoms with E-state index >= 15 is 0 Å². The monoisotopic (exact) mass is 1200 g/mol. The largest absolute Gasteiger partial charge is 0.505 e. The van der Waals surface area contributed by atoms with E-state index in [9.17, 15) is 39.0 Å². The standard InChI is InChI=1S/C32H42N4O5.C19H21N3O3.C13H23NO3.C2H7NO/c1-7-10-20(2)17-23-21(3)30(39)35(31(23)40)15-16-41-28(37)14-13-22-18-24(32(4,5)6)29(38)27(19-22)36-33-25-11-8-9-12-26(25)34-36;1-19(2,3)13-10-12(8-9-17(23)24)11-16(18(13)25)22-20-14-6-4-5-7-15(14)21-22;1-4-5-9(2)8-11-10(3)12(16)14(6-7-15)13(11)17;3-1-2-4/h8-9,11-12,18-21,23,38H,7,10,13-17H2,1-6H3;4-7,10-11,25H,8-9H2,1-3H3,(H,23,24);9-11,15H,4-8H2,1-3H3;4H,1-3H2. The number of rotatable bonds is 22. The number of aliphatic hydroxyl groups is 2. The molecule has 7 N–H and O–H groups in total. The van der Waals surface area contributed by atoms with E-state index in [0.717, 1.165) is 65.4 Å². The number of ether oxygens (including phenoxy) is 1. The number of aliphatic carboxylic acids is 1. The van der Waals surface area contributed by atoms with Gasteiger partial charge in [-0.25, -0.2) is 0 Å². The van der Waals surface area contributed by atoms with Crippen molar-refractivity contribution in [3.8, 4) is 22.9 Å². The lowest BCUT2D eigenvalue weighted by Crippen LogP contribution is -2.34. The van der Waals surface area contributed by atoms with E-state index in [1.165, 1.54) is 19.4 Å². The number of nitrogens with two attached hydrogens (primary N) is 1. The first-order valence-electron chi connectivity index (χ1n) is 30.5. The van der Waals surface area contributed by atoms with E-state index in [1.54, 1.807) is 12.1 Å². The summed E-state index contributed by atoms with van der Waals surface area (Å²) in [5, 5.41) is 65.4. The second-order valence-corrected chi connectivity index (χ2v) is 25.0. The summed E-state index contributed by atoms with van der Waals surface area (Å²) in [7, 11) is 0. The Bertz CT molecular complexity index is 3240. The van der Waals surface area contributed by atoms with Gasteiger partial charge in [0.1, 0.15) is 51.5 Å². The molecule has 4 amide bonds. The van der Waals surface area contributed by atoms with Crippen LogP contribution in [0.2, 0.25) is 0 Å². The number of hydrogen-bond acceptors (Lipinski definition) is 16. The van der Waals surface area contributed by atoms with Crippen LogP contribution in [0.15, 0.2) is 72.8 Å². The smallest absolute Gasteiger partial charge is 0.306 e. The molecule has 0 aliphatic carbocycles. The third-order valence-electron chi connectivity index (χ3n) is 15.8. The number of fused-ring (bicyclic) bond motifs is 2. The molecule has 8 rings (SSSR count). The van der Waals surface area contributed by atoms with Crippen molar-refractivity contribution in [3.05, 3.63) is 95.1 Å². The van der Waals surface area contributed by atoms with Gasteiger partial charge in [-0.15, -0.1) is 30.0 Å². The summed E-state index contributed by atoms with van der Waals surface area (Å²) in [6, 6.07) is 22.3. The number of amides is 4. The number of aryl methyl sites for hydroxylation is 2. The Hall–Kier alpha value is -7.62. The van der Waals surface area contributed by atoms with Crippen molar-refractivity contribution in [2.45, 2.75) is 158 Å². The Kier molecular flexibility index (Phi) is 25.7. The quantitative estimate of drug-likeness (QED) is 0.0272. The first kappa shape index (κ1) is 70.1. The van der Waals surface area contributed by atoms with E-state index in [2.05, 4.69) is 48.1 Å². The number of aromatic nitrogens is 6. The van der Waals surface area contributed by atoms with Crippen molar-refractivity contribution >= 4 is 57.6 Å². The summed E-state index contributed by atoms with van der Waals surface area (Å²) >= 11 is 0. The van der Waals surface area contributed by atoms with Crippen LogP contribution in [0, 0.1) is 35.5 Å². The number of carboxylic acids is 1. The minimum Gasteiger partial charge on any atom is -0.505 e. The fourth-order valence-corrected chi connectivity index (χ4v) is 11.0. The van der Waals surface area contributed by atoms with Crippen LogP contribution < -0.4 is 5.73 Å². The molecule has 2 aliphatic heterocycles. The summed E-state index contributed by atoms with van der Waals surface area (Å²) in [5.41, 5.74) is 11.0. The van der Waals surface area contributed by atoms with Crippen molar-refractivity contribution in [1.82, 2.24) is 39.8 Å². The number of aromatic hydroxyl groups is 2. The number of nitrogens with zero attached hydrogens (tertiary/aromatic N) is 8. The lowest BCUT2D eigenvalue weighted by molar-refractivity contribution is -0.148. The number of esters is 1. The van der Waals surface area contributed by atoms with Crippen LogP contribution in [0.25, 0.3) is 33.4 Å². The van der Waals surface area contributed by atoms with Crippen LogP contribution in [0.4, 0.5) is 0 Å². The lowest BCUT2D eigenvalue weighted by Gasteiger charge is -2.23. The predicted molar refractivity (Wildman–Crippen MR) is 333 cm³/mol. The SMILES string of the molecule is CC(C)(C)c1cc(CCC(=O)O)cc(-n2nc3ccccc3n2)c1O.CCCC(C)CC1C(=O)N(CCO)C(=O)C1C.CCCC(C)CC1C(=O)N(CCOC(=O)CCc2cc(-n3nc4ccccc4n3)c(O)c(C(C)(C)C)c2)C(=O)C1C.NCCO. The lowest BCUT2D eigenvalue weighted by atomic mass is 9.84. The average Bonchev–Trinajstić information content (AvgIpc) is 1.88. The number of phenols is 2. The summed E-state index contributed by atoms with van der Waals surface area (Å²) in [4.78, 5) is 78.4. The first-order valence-corrected chi connectivity index (χ1v) is 30.5. The van der Waals surface area contributed by atoms with Gasteiger partial charge in [-0.1, -0.05) is 145 Å². The number of carboxylic acid groups (broad SMARTS) is 1. The first-order chi connectivity index (χ1) is 41.1. The molecule has 87 heavy (non-hydrogen) atoms. The molecule has 2 aromatic heterocycles. The van der Waals surface area contributed by atoms with Crippen molar-refractivity contribution in [2.24, 2.45) is 41.2 Å². The van der Waals surface area contributed by atoms with Gasteiger partial charge in [0.2, 0.25) is 23.6 Å². The molecular formula is C66H93N9O12. The van der Waals surface area contributed by atoms with E-state index in [-0.39, 0.29) is 115 Å². The number of benzene rings is 4. The topological polar surface area (TPSA) is 307 Å². The number of aliphatic hydroxyl groups excluding tert-OH is 2. The molecule has 6 atom stereocenters. The average molecular weight is 1200 g/mol. The highest BCUT2D eigenvalue weighted by Gasteiger charge is 2.46. The molecule has 4 heterocycles. The number of phenolic OH excluding ortho intramolecular Hbond substituents is 2. The second-order valence-electron chi connectivity index (χ2n) is 25.0. The Morgan fingerprint density at radius 3 is 1.30 bits per heavy atom. The van der Waals surface area contributed by atoms with Crippen LogP contribution >= 0.6 is 0 Å². The molecular weight excluding hydrogens is 1110 g/mol. The highest BCUT2D eigenvalue weighted by atomic mass is 16.5. The van der Waals surface area contributed by atoms with Gasteiger partial charge < -0.3 is 36.0 Å². The van der Waals surface area contributed by atoms with Crippen molar-refractivity contribution in [1.29, 1.82) is 0 Å². The molecule has 0 spiro atoms. The number of carbonyl (C=O) groups is 6. The van der Waals surface area contributed by atoms with Crippen LogP contribution in [0.5, 0.6) is 11.5 Å². The van der Waals surface area contributed by atoms with Gasteiger partial charge in [-0.05, 0) is 95.9 Å². The molecule has 6 unspecified atom stereocenters. The normalized spacial score (nSPS) is 17.6. The van der Waals surface area contributed by atoms with Gasteiger partial charge in [0, 0.05) is 42.3 Å². The molecule has 4 aromatic carbocycles. The molecule has 2 aliphatic rings. The van der Waals surface area contributed by atoms with E-state index in [1.807, 2.05) is 116 Å². The highest BCUT2D eigenvalue weighted by Crippen LogP contribution is 2.39. The van der Waals surface area contributed by atoms with E-state index in [4.69, 9.17) is 25.8 Å². The highest BCUT2D eigenvalue weighted by molar-refractivity contribution is 6.05. The van der Waals surface area contributed by atoms with Gasteiger partial charge in [-0.3, -0.25) is 38.6 Å². The molecule has 2 saturated heterocycles. The number of β-amino-alcohol motifs (C(OH)–C–C–N with tert-alkyl or cyclic N) is 1. The molecule has 0 radical (unpaired) electrons. The zero-order valence-electron chi connectivity index (χ0n) is 53.0. The zero-order valence-corrected chi connectivity index (χ0v) is 53.0. The molecule has 21 heteroatoms. The van der Waals surface area contributed by atoms with Crippen LogP contribution in [0.1, 0.15) is 157 Å². The van der Waals surface area contributed by atoms with Gasteiger partial charge in [0.25, 0.3) is 0 Å². The Morgan fingerprint density at radius 1 is 0.598 bits per heavy atom. The van der Waals surface area contributed by atoms with E-state index < -0.39 is 11.9 Å². The Balaban J connectivity index is 0.000000253. The molecule has 0 bridgehead atoms.